The van der Waals surface area contributed by atoms with Crippen LogP contribution in [0.5, 0.6) is 0 Å². The van der Waals surface area contributed by atoms with Gasteiger partial charge < -0.3 is 4.90 Å². The Morgan fingerprint density at radius 3 is 2.44 bits per heavy atom. The Labute approximate surface area is 161 Å². The van der Waals surface area contributed by atoms with Crippen molar-refractivity contribution in [2.24, 2.45) is 0 Å². The first-order chi connectivity index (χ1) is 12.7. The van der Waals surface area contributed by atoms with Crippen molar-refractivity contribution >= 4 is 27.3 Å². The highest BCUT2D eigenvalue weighted by Gasteiger charge is 2.33. The van der Waals surface area contributed by atoms with Crippen LogP contribution in [0, 0.1) is 0 Å². The van der Waals surface area contributed by atoms with Crippen molar-refractivity contribution in [3.8, 4) is 0 Å². The summed E-state index contributed by atoms with van der Waals surface area (Å²) < 4.78 is 26.3. The van der Waals surface area contributed by atoms with Gasteiger partial charge in [-0.2, -0.15) is 0 Å². The molecule has 1 amide bonds. The molecule has 0 spiro atoms. The van der Waals surface area contributed by atoms with Crippen molar-refractivity contribution in [3.05, 3.63) is 59.7 Å². The van der Waals surface area contributed by atoms with Gasteiger partial charge in [-0.05, 0) is 42.5 Å². The van der Waals surface area contributed by atoms with E-state index >= 15 is 0 Å². The molecule has 0 fully saturated rings. The summed E-state index contributed by atoms with van der Waals surface area (Å²) in [5, 5.41) is 0. The van der Waals surface area contributed by atoms with Crippen LogP contribution in [-0.2, 0) is 21.2 Å². The number of hydrogen-bond acceptors (Lipinski definition) is 3. The van der Waals surface area contributed by atoms with Gasteiger partial charge in [0.1, 0.15) is 6.54 Å². The van der Waals surface area contributed by atoms with Crippen LogP contribution in [0.25, 0.3) is 0 Å². The van der Waals surface area contributed by atoms with Crippen molar-refractivity contribution in [2.75, 3.05) is 22.0 Å². The Kier molecular flexibility index (Phi) is 5.29. The van der Waals surface area contributed by atoms with Gasteiger partial charge in [0.05, 0.1) is 11.9 Å². The lowest BCUT2D eigenvalue weighted by Gasteiger charge is -2.29. The van der Waals surface area contributed by atoms with Gasteiger partial charge in [0.2, 0.25) is 15.9 Å². The van der Waals surface area contributed by atoms with Crippen molar-refractivity contribution in [3.63, 3.8) is 0 Å². The molecule has 1 atom stereocenters. The monoisotopic (exact) mass is 386 g/mol. The molecular formula is C21H26N2O3S. The van der Waals surface area contributed by atoms with Crippen LogP contribution in [0.15, 0.2) is 48.5 Å². The lowest BCUT2D eigenvalue weighted by molar-refractivity contribution is -0.117. The fraction of sp³-hybridized carbons (Fsp3) is 0.381. The SMILES string of the molecule is CC(C)c1ccccc1N(CC(=O)N1c2ccccc2CC1C)S(C)(=O)=O. The van der Waals surface area contributed by atoms with E-state index in [0.717, 1.165) is 29.5 Å². The molecule has 0 saturated carbocycles. The first-order valence-electron chi connectivity index (χ1n) is 9.16. The maximum Gasteiger partial charge on any atom is 0.248 e. The highest BCUT2D eigenvalue weighted by atomic mass is 32.2. The average molecular weight is 387 g/mol. The molecule has 3 rings (SSSR count). The van der Waals surface area contributed by atoms with Crippen molar-refractivity contribution in [2.45, 2.75) is 39.2 Å². The molecule has 1 unspecified atom stereocenters. The summed E-state index contributed by atoms with van der Waals surface area (Å²) in [6, 6.07) is 15.2. The molecule has 2 aromatic carbocycles. The van der Waals surface area contributed by atoms with Crippen molar-refractivity contribution in [1.29, 1.82) is 0 Å². The Morgan fingerprint density at radius 2 is 1.78 bits per heavy atom. The molecule has 6 heteroatoms. The van der Waals surface area contributed by atoms with E-state index in [1.165, 1.54) is 4.31 Å². The molecule has 2 aromatic rings. The number of nitrogens with zero attached hydrogens (tertiary/aromatic N) is 2. The number of rotatable bonds is 5. The lowest BCUT2D eigenvalue weighted by Crippen LogP contribution is -2.45. The highest BCUT2D eigenvalue weighted by molar-refractivity contribution is 7.92. The molecule has 0 N–H and O–H groups in total. The van der Waals surface area contributed by atoms with Crippen molar-refractivity contribution < 1.29 is 13.2 Å². The molecule has 144 valence electrons. The van der Waals surface area contributed by atoms with E-state index in [1.807, 2.05) is 57.2 Å². The van der Waals surface area contributed by atoms with E-state index in [0.29, 0.717) is 5.69 Å². The third-order valence-corrected chi connectivity index (χ3v) is 6.11. The summed E-state index contributed by atoms with van der Waals surface area (Å²) in [6.07, 6.45) is 1.93. The number of carbonyl (C=O) groups is 1. The van der Waals surface area contributed by atoms with Gasteiger partial charge in [-0.25, -0.2) is 8.42 Å². The molecule has 0 bridgehead atoms. The summed E-state index contributed by atoms with van der Waals surface area (Å²) in [5.41, 5.74) is 3.47. The molecule has 5 nitrogen and oxygen atoms in total. The van der Waals surface area contributed by atoms with E-state index in [4.69, 9.17) is 0 Å². The van der Waals surface area contributed by atoms with E-state index in [1.54, 1.807) is 17.0 Å². The first-order valence-corrected chi connectivity index (χ1v) is 11.0. The number of anilines is 2. The van der Waals surface area contributed by atoms with Gasteiger partial charge in [-0.15, -0.1) is 0 Å². The maximum absolute atomic E-state index is 13.1. The lowest BCUT2D eigenvalue weighted by atomic mass is 10.0. The molecule has 1 aliphatic rings. The van der Waals surface area contributed by atoms with Gasteiger partial charge in [0.15, 0.2) is 0 Å². The third-order valence-electron chi connectivity index (χ3n) is 4.98. The van der Waals surface area contributed by atoms with Gasteiger partial charge in [-0.1, -0.05) is 50.2 Å². The number of sulfonamides is 1. The molecular weight excluding hydrogens is 360 g/mol. The number of benzene rings is 2. The molecule has 0 aliphatic carbocycles. The van der Waals surface area contributed by atoms with Crippen LogP contribution in [0.2, 0.25) is 0 Å². The molecule has 1 heterocycles. The van der Waals surface area contributed by atoms with Crippen LogP contribution >= 0.6 is 0 Å². The normalized spacial score (nSPS) is 16.5. The van der Waals surface area contributed by atoms with Crippen LogP contribution in [-0.4, -0.2) is 33.2 Å². The number of hydrogen-bond donors (Lipinski definition) is 0. The summed E-state index contributed by atoms with van der Waals surface area (Å²) in [7, 11) is -3.61. The summed E-state index contributed by atoms with van der Waals surface area (Å²) in [5.74, 6) is -0.0663. The first kappa shape index (κ1) is 19.4. The zero-order valence-electron chi connectivity index (χ0n) is 16.2. The smallest absolute Gasteiger partial charge is 0.248 e. The minimum Gasteiger partial charge on any atom is -0.307 e. The van der Waals surface area contributed by atoms with Gasteiger partial charge >= 0.3 is 0 Å². The zero-order chi connectivity index (χ0) is 19.8. The Bertz CT molecular complexity index is 953. The minimum absolute atomic E-state index is 0.0108. The molecule has 1 aliphatic heterocycles. The van der Waals surface area contributed by atoms with E-state index < -0.39 is 10.0 Å². The standard InChI is InChI=1S/C21H26N2O3S/c1-15(2)18-10-6-8-12-20(18)22(27(4,25)26)14-21(24)23-16(3)13-17-9-5-7-11-19(17)23/h5-12,15-16H,13-14H2,1-4H3. The molecule has 0 aromatic heterocycles. The average Bonchev–Trinajstić information content (AvgIpc) is 2.94. The van der Waals surface area contributed by atoms with Crippen LogP contribution < -0.4 is 9.21 Å². The predicted molar refractivity (Wildman–Crippen MR) is 110 cm³/mol. The second-order valence-electron chi connectivity index (χ2n) is 7.43. The largest absolute Gasteiger partial charge is 0.307 e. The van der Waals surface area contributed by atoms with Crippen LogP contribution in [0.3, 0.4) is 0 Å². The van der Waals surface area contributed by atoms with E-state index in [9.17, 15) is 13.2 Å². The Hall–Kier alpha value is -2.34. The fourth-order valence-electron chi connectivity index (χ4n) is 3.73. The number of para-hydroxylation sites is 2. The summed E-state index contributed by atoms with van der Waals surface area (Å²) in [6.45, 7) is 5.81. The topological polar surface area (TPSA) is 57.7 Å². The molecule has 27 heavy (non-hydrogen) atoms. The molecule has 0 radical (unpaired) electrons. The number of amides is 1. The minimum atomic E-state index is -3.61. The zero-order valence-corrected chi connectivity index (χ0v) is 17.0. The quantitative estimate of drug-likeness (QED) is 0.790. The summed E-state index contributed by atoms with van der Waals surface area (Å²) >= 11 is 0. The third kappa shape index (κ3) is 3.86. The second kappa shape index (κ2) is 7.35. The Balaban J connectivity index is 1.97. The predicted octanol–water partition coefficient (Wildman–Crippen LogP) is 3.55. The van der Waals surface area contributed by atoms with Gasteiger partial charge in [0, 0.05) is 11.7 Å². The van der Waals surface area contributed by atoms with E-state index in [-0.39, 0.29) is 24.4 Å². The molecule has 0 saturated heterocycles. The number of carbonyl (C=O) groups excluding carboxylic acids is 1. The fourth-order valence-corrected chi connectivity index (χ4v) is 4.60. The van der Waals surface area contributed by atoms with E-state index in [2.05, 4.69) is 0 Å². The van der Waals surface area contributed by atoms with Gasteiger partial charge in [-0.3, -0.25) is 9.10 Å². The van der Waals surface area contributed by atoms with Gasteiger partial charge in [0.25, 0.3) is 0 Å². The Morgan fingerprint density at radius 1 is 1.15 bits per heavy atom. The van der Waals surface area contributed by atoms with Crippen LogP contribution in [0.1, 0.15) is 37.8 Å². The van der Waals surface area contributed by atoms with Crippen molar-refractivity contribution in [1.82, 2.24) is 0 Å². The summed E-state index contributed by atoms with van der Waals surface area (Å²) in [4.78, 5) is 14.9. The maximum atomic E-state index is 13.1. The second-order valence-corrected chi connectivity index (χ2v) is 9.34. The van der Waals surface area contributed by atoms with Crippen LogP contribution in [0.4, 0.5) is 11.4 Å². The highest BCUT2D eigenvalue weighted by Crippen LogP contribution is 2.33. The number of fused-ring (bicyclic) bond motifs is 1.